The molecule has 0 aliphatic heterocycles. The molecule has 96 valence electrons. The van der Waals surface area contributed by atoms with E-state index in [0.717, 1.165) is 11.0 Å². The molecular weight excluding hydrogens is 228 g/mol. The van der Waals surface area contributed by atoms with Gasteiger partial charge in [0, 0.05) is 13.6 Å². The number of anilines is 1. The van der Waals surface area contributed by atoms with Gasteiger partial charge in [0.2, 0.25) is 11.9 Å². The number of carbonyl (C=O) groups excluding carboxylic acids is 1. The monoisotopic (exact) mass is 246 g/mol. The van der Waals surface area contributed by atoms with Gasteiger partial charge >= 0.3 is 0 Å². The zero-order valence-electron chi connectivity index (χ0n) is 10.9. The van der Waals surface area contributed by atoms with E-state index in [0.29, 0.717) is 12.5 Å². The van der Waals surface area contributed by atoms with Gasteiger partial charge in [-0.1, -0.05) is 12.1 Å². The molecule has 1 aromatic heterocycles. The second kappa shape index (κ2) is 4.33. The fraction of sp³-hybridized carbons (Fsp3) is 0.385. The molecule has 0 fully saturated rings. The maximum absolute atomic E-state index is 11.8. The number of aromatic nitrogens is 2. The van der Waals surface area contributed by atoms with Gasteiger partial charge in [-0.15, -0.1) is 0 Å². The number of nitrogens with two attached hydrogens (primary N) is 1. The zero-order valence-corrected chi connectivity index (χ0v) is 10.9. The Morgan fingerprint density at radius 3 is 2.78 bits per heavy atom. The number of para-hydroxylation sites is 2. The first kappa shape index (κ1) is 12.4. The third-order valence-electron chi connectivity index (χ3n) is 3.08. The second-order valence-corrected chi connectivity index (χ2v) is 5.01. The predicted molar refractivity (Wildman–Crippen MR) is 72.0 cm³/mol. The minimum atomic E-state index is -0.535. The van der Waals surface area contributed by atoms with E-state index < -0.39 is 5.41 Å². The maximum atomic E-state index is 11.8. The molecule has 5 nitrogen and oxygen atoms in total. The van der Waals surface area contributed by atoms with Crippen LogP contribution in [0.5, 0.6) is 0 Å². The Bertz CT molecular complexity index is 586. The van der Waals surface area contributed by atoms with Gasteiger partial charge in [0.1, 0.15) is 0 Å². The minimum Gasteiger partial charge on any atom is -0.369 e. The second-order valence-electron chi connectivity index (χ2n) is 5.01. The summed E-state index contributed by atoms with van der Waals surface area (Å²) in [5.41, 5.74) is 7.19. The van der Waals surface area contributed by atoms with Crippen molar-refractivity contribution in [1.29, 1.82) is 0 Å². The van der Waals surface area contributed by atoms with Crippen LogP contribution in [0.1, 0.15) is 13.8 Å². The van der Waals surface area contributed by atoms with Crippen LogP contribution in [0.4, 0.5) is 5.95 Å². The van der Waals surface area contributed by atoms with E-state index in [9.17, 15) is 4.79 Å². The Hall–Kier alpha value is -2.04. The number of nitrogens with one attached hydrogen (secondary N) is 1. The van der Waals surface area contributed by atoms with Gasteiger partial charge in [0.25, 0.3) is 0 Å². The first-order chi connectivity index (χ1) is 8.45. The number of benzene rings is 1. The third-order valence-corrected chi connectivity index (χ3v) is 3.08. The molecule has 0 spiro atoms. The number of nitrogens with zero attached hydrogens (tertiary/aromatic N) is 2. The molecule has 0 saturated carbocycles. The zero-order chi connectivity index (χ0) is 13.3. The van der Waals surface area contributed by atoms with Crippen LogP contribution in [0.2, 0.25) is 0 Å². The van der Waals surface area contributed by atoms with E-state index in [1.807, 2.05) is 42.7 Å². The van der Waals surface area contributed by atoms with Crippen molar-refractivity contribution in [3.63, 3.8) is 0 Å². The summed E-state index contributed by atoms with van der Waals surface area (Å²) in [4.78, 5) is 16.1. The fourth-order valence-corrected chi connectivity index (χ4v) is 2.07. The molecule has 1 aromatic carbocycles. The van der Waals surface area contributed by atoms with Crippen LogP contribution in [-0.4, -0.2) is 22.5 Å². The van der Waals surface area contributed by atoms with Crippen molar-refractivity contribution >= 4 is 22.9 Å². The molecule has 0 aliphatic rings. The van der Waals surface area contributed by atoms with E-state index in [1.165, 1.54) is 0 Å². The largest absolute Gasteiger partial charge is 0.369 e. The number of fused-ring (bicyclic) bond motifs is 1. The van der Waals surface area contributed by atoms with Gasteiger partial charge in [-0.2, -0.15) is 0 Å². The van der Waals surface area contributed by atoms with Crippen molar-refractivity contribution in [2.75, 3.05) is 12.8 Å². The molecular formula is C13H18N4O. The molecule has 2 aromatic rings. The van der Waals surface area contributed by atoms with Crippen LogP contribution in [0, 0.1) is 5.41 Å². The van der Waals surface area contributed by atoms with Crippen molar-refractivity contribution < 1.29 is 4.79 Å². The van der Waals surface area contributed by atoms with Crippen molar-refractivity contribution in [3.8, 4) is 0 Å². The highest BCUT2D eigenvalue weighted by atomic mass is 16.2. The van der Waals surface area contributed by atoms with Crippen molar-refractivity contribution in [2.45, 2.75) is 20.4 Å². The number of carbonyl (C=O) groups is 1. The Balaban J connectivity index is 2.43. The Morgan fingerprint density at radius 2 is 2.11 bits per heavy atom. The molecule has 0 atom stereocenters. The summed E-state index contributed by atoms with van der Waals surface area (Å²) < 4.78 is 1.88. The Morgan fingerprint density at radius 1 is 1.44 bits per heavy atom. The van der Waals surface area contributed by atoms with Crippen LogP contribution >= 0.6 is 0 Å². The van der Waals surface area contributed by atoms with Crippen LogP contribution < -0.4 is 11.1 Å². The highest BCUT2D eigenvalue weighted by Gasteiger charge is 2.28. The van der Waals surface area contributed by atoms with Gasteiger partial charge in [-0.05, 0) is 26.0 Å². The molecule has 5 heteroatoms. The van der Waals surface area contributed by atoms with Gasteiger partial charge in [0.05, 0.1) is 16.4 Å². The third kappa shape index (κ3) is 2.03. The van der Waals surface area contributed by atoms with E-state index in [-0.39, 0.29) is 5.91 Å². The number of rotatable bonds is 3. The fourth-order valence-electron chi connectivity index (χ4n) is 2.07. The van der Waals surface area contributed by atoms with Gasteiger partial charge in [-0.25, -0.2) is 4.98 Å². The lowest BCUT2D eigenvalue weighted by atomic mass is 9.92. The van der Waals surface area contributed by atoms with Crippen molar-refractivity contribution in [2.24, 2.45) is 5.41 Å². The molecule has 0 unspecified atom stereocenters. The molecule has 3 N–H and O–H groups in total. The smallest absolute Gasteiger partial charge is 0.227 e. The summed E-state index contributed by atoms with van der Waals surface area (Å²) in [5, 5.41) is 2.67. The molecule has 1 heterocycles. The van der Waals surface area contributed by atoms with Crippen molar-refractivity contribution in [3.05, 3.63) is 24.3 Å². The van der Waals surface area contributed by atoms with Crippen LogP contribution in [0.15, 0.2) is 24.3 Å². The summed E-state index contributed by atoms with van der Waals surface area (Å²) >= 11 is 0. The standard InChI is InChI=1S/C13H18N4O/c1-13(2,11(18)15-3)8-17-10-7-5-4-6-9(10)16-12(17)14/h4-7H,8H2,1-3H3,(H2,14,16)(H,15,18). The Labute approximate surface area is 106 Å². The first-order valence-corrected chi connectivity index (χ1v) is 5.88. The van der Waals surface area contributed by atoms with Crippen LogP contribution in [-0.2, 0) is 11.3 Å². The first-order valence-electron chi connectivity index (χ1n) is 5.88. The topological polar surface area (TPSA) is 72.9 Å². The molecule has 1 amide bonds. The maximum Gasteiger partial charge on any atom is 0.227 e. The summed E-state index contributed by atoms with van der Waals surface area (Å²) in [6.07, 6.45) is 0. The molecule has 0 aliphatic carbocycles. The van der Waals surface area contributed by atoms with Gasteiger partial charge in [0.15, 0.2) is 0 Å². The lowest BCUT2D eigenvalue weighted by Gasteiger charge is -2.23. The van der Waals surface area contributed by atoms with E-state index >= 15 is 0 Å². The summed E-state index contributed by atoms with van der Waals surface area (Å²) in [6.45, 7) is 4.28. The van der Waals surface area contributed by atoms with E-state index in [2.05, 4.69) is 10.3 Å². The average Bonchev–Trinajstić information content (AvgIpc) is 2.65. The molecule has 0 saturated heterocycles. The van der Waals surface area contributed by atoms with Crippen LogP contribution in [0.3, 0.4) is 0 Å². The molecule has 0 bridgehead atoms. The quantitative estimate of drug-likeness (QED) is 0.859. The van der Waals surface area contributed by atoms with E-state index in [1.54, 1.807) is 7.05 Å². The number of hydrogen-bond donors (Lipinski definition) is 2. The highest BCUT2D eigenvalue weighted by molar-refractivity contribution is 5.82. The summed E-state index contributed by atoms with van der Waals surface area (Å²) in [7, 11) is 1.64. The normalized spacial score (nSPS) is 11.7. The molecule has 2 rings (SSSR count). The van der Waals surface area contributed by atoms with Gasteiger partial charge < -0.3 is 15.6 Å². The SMILES string of the molecule is CNC(=O)C(C)(C)Cn1c(N)nc2ccccc21. The average molecular weight is 246 g/mol. The number of hydrogen-bond acceptors (Lipinski definition) is 3. The van der Waals surface area contributed by atoms with Crippen LogP contribution in [0.25, 0.3) is 11.0 Å². The predicted octanol–water partition coefficient (Wildman–Crippen LogP) is 1.39. The molecule has 0 radical (unpaired) electrons. The number of nitrogen functional groups attached to an aromatic ring is 1. The number of imidazole rings is 1. The summed E-state index contributed by atoms with van der Waals surface area (Å²) in [6, 6.07) is 7.73. The Kier molecular flexibility index (Phi) is 2.98. The lowest BCUT2D eigenvalue weighted by Crippen LogP contribution is -2.37. The van der Waals surface area contributed by atoms with E-state index in [4.69, 9.17) is 5.73 Å². The highest BCUT2D eigenvalue weighted by Crippen LogP contribution is 2.24. The lowest BCUT2D eigenvalue weighted by molar-refractivity contribution is -0.129. The number of amides is 1. The van der Waals surface area contributed by atoms with Gasteiger partial charge in [-0.3, -0.25) is 4.79 Å². The minimum absolute atomic E-state index is 0.0142. The summed E-state index contributed by atoms with van der Waals surface area (Å²) in [5.74, 6) is 0.424. The molecule has 18 heavy (non-hydrogen) atoms. The van der Waals surface area contributed by atoms with Crippen molar-refractivity contribution in [1.82, 2.24) is 14.9 Å².